The van der Waals surface area contributed by atoms with E-state index in [0.29, 0.717) is 5.54 Å². The fourth-order valence-corrected chi connectivity index (χ4v) is 2.50. The molecule has 0 aromatic rings. The summed E-state index contributed by atoms with van der Waals surface area (Å²) in [6.07, 6.45) is 12.8. The van der Waals surface area contributed by atoms with Crippen molar-refractivity contribution in [2.24, 2.45) is 5.73 Å². The van der Waals surface area contributed by atoms with E-state index in [1.165, 1.54) is 19.3 Å². The SMILES string of the molecule is CCCC(C)(C)N1C=CC2(C=CN2)CC1.NC=O. The monoisotopic (exact) mass is 251 g/mol. The number of carbonyl (C=O) groups excluding carboxylic acids is 1. The van der Waals surface area contributed by atoms with Gasteiger partial charge in [0.05, 0.1) is 5.54 Å². The van der Waals surface area contributed by atoms with Crippen molar-refractivity contribution in [2.75, 3.05) is 6.54 Å². The lowest BCUT2D eigenvalue weighted by Gasteiger charge is -2.46. The van der Waals surface area contributed by atoms with E-state index in [1.807, 2.05) is 6.20 Å². The molecule has 1 spiro atoms. The number of nitrogens with two attached hydrogens (primary N) is 1. The van der Waals surface area contributed by atoms with E-state index < -0.39 is 0 Å². The van der Waals surface area contributed by atoms with Gasteiger partial charge in [-0.15, -0.1) is 0 Å². The fourth-order valence-electron chi connectivity index (χ4n) is 2.50. The molecule has 3 N–H and O–H groups in total. The second kappa shape index (κ2) is 5.94. The number of hydrogen-bond donors (Lipinski definition) is 2. The Morgan fingerprint density at radius 2 is 2.11 bits per heavy atom. The summed E-state index contributed by atoms with van der Waals surface area (Å²) >= 11 is 0. The van der Waals surface area contributed by atoms with Gasteiger partial charge >= 0.3 is 0 Å². The van der Waals surface area contributed by atoms with Gasteiger partial charge in [-0.3, -0.25) is 4.79 Å². The van der Waals surface area contributed by atoms with E-state index >= 15 is 0 Å². The Kier molecular flexibility index (Phi) is 4.82. The average molecular weight is 251 g/mol. The molecule has 0 aromatic carbocycles. The lowest BCUT2D eigenvalue weighted by atomic mass is 9.86. The van der Waals surface area contributed by atoms with Gasteiger partial charge in [0, 0.05) is 12.1 Å². The molecule has 2 aliphatic rings. The van der Waals surface area contributed by atoms with Crippen molar-refractivity contribution in [1.29, 1.82) is 0 Å². The Hall–Kier alpha value is -1.45. The van der Waals surface area contributed by atoms with Gasteiger partial charge < -0.3 is 16.0 Å². The first-order valence-corrected chi connectivity index (χ1v) is 6.56. The summed E-state index contributed by atoms with van der Waals surface area (Å²) in [5.41, 5.74) is 4.67. The second-order valence-corrected chi connectivity index (χ2v) is 5.48. The van der Waals surface area contributed by atoms with Crippen LogP contribution in [0.4, 0.5) is 0 Å². The minimum absolute atomic E-state index is 0.193. The normalized spacial score (nSPS) is 24.9. The van der Waals surface area contributed by atoms with Gasteiger partial charge in [-0.25, -0.2) is 0 Å². The summed E-state index contributed by atoms with van der Waals surface area (Å²) in [5, 5.41) is 3.37. The van der Waals surface area contributed by atoms with E-state index in [0.717, 1.165) is 6.54 Å². The maximum absolute atomic E-state index is 8.58. The lowest BCUT2D eigenvalue weighted by Crippen LogP contribution is -2.53. The first kappa shape index (κ1) is 14.6. The number of nitrogens with one attached hydrogen (secondary N) is 1. The van der Waals surface area contributed by atoms with Crippen molar-refractivity contribution in [1.82, 2.24) is 10.2 Å². The summed E-state index contributed by atoms with van der Waals surface area (Å²) in [6, 6.07) is 0. The molecule has 0 saturated heterocycles. The standard InChI is InChI=1S/C13H22N2.CH3NO/c1-4-5-12(2,3)15-10-7-13(8-11-15)6-9-14-13;2-1-3/h6-7,9-10,14H,4-5,8,11H2,1-3H3;1H,(H2,2,3). The Morgan fingerprint density at radius 3 is 2.44 bits per heavy atom. The van der Waals surface area contributed by atoms with Crippen molar-refractivity contribution >= 4 is 6.41 Å². The Balaban J connectivity index is 0.000000492. The van der Waals surface area contributed by atoms with Gasteiger partial charge in [0.15, 0.2) is 0 Å². The fraction of sp³-hybridized carbons (Fsp3) is 0.643. The molecule has 0 bridgehead atoms. The topological polar surface area (TPSA) is 58.4 Å². The molecule has 2 rings (SSSR count). The van der Waals surface area contributed by atoms with Crippen LogP contribution in [0.5, 0.6) is 0 Å². The molecule has 18 heavy (non-hydrogen) atoms. The lowest BCUT2D eigenvalue weighted by molar-refractivity contribution is -0.106. The molecular formula is C14H25N3O. The third kappa shape index (κ3) is 3.28. The van der Waals surface area contributed by atoms with Gasteiger partial charge in [-0.1, -0.05) is 13.3 Å². The zero-order valence-corrected chi connectivity index (χ0v) is 11.6. The van der Waals surface area contributed by atoms with E-state index in [9.17, 15) is 0 Å². The summed E-state index contributed by atoms with van der Waals surface area (Å²) < 4.78 is 0. The molecule has 0 aromatic heterocycles. The first-order chi connectivity index (χ1) is 8.49. The van der Waals surface area contributed by atoms with Crippen LogP contribution in [0.1, 0.15) is 40.0 Å². The molecule has 102 valence electrons. The largest absolute Gasteiger partial charge is 0.379 e. The highest BCUT2D eigenvalue weighted by Crippen LogP contribution is 2.30. The molecule has 4 heteroatoms. The molecule has 4 nitrogen and oxygen atoms in total. The van der Waals surface area contributed by atoms with Crippen LogP contribution < -0.4 is 11.1 Å². The van der Waals surface area contributed by atoms with Crippen molar-refractivity contribution in [2.45, 2.75) is 51.1 Å². The highest BCUT2D eigenvalue weighted by atomic mass is 16.1. The van der Waals surface area contributed by atoms with Crippen LogP contribution in [0.15, 0.2) is 24.6 Å². The van der Waals surface area contributed by atoms with Gasteiger partial charge in [-0.2, -0.15) is 0 Å². The average Bonchev–Trinajstić information content (AvgIpc) is 2.28. The van der Waals surface area contributed by atoms with Crippen molar-refractivity contribution < 1.29 is 4.79 Å². The number of primary amides is 1. The molecule has 0 radical (unpaired) electrons. The minimum Gasteiger partial charge on any atom is -0.379 e. The molecule has 1 unspecified atom stereocenters. The predicted octanol–water partition coefficient (Wildman–Crippen LogP) is 1.74. The Labute approximate surface area is 110 Å². The summed E-state index contributed by atoms with van der Waals surface area (Å²) in [4.78, 5) is 11.1. The Bertz CT molecular complexity index is 336. The van der Waals surface area contributed by atoms with Crippen molar-refractivity contribution in [3.8, 4) is 0 Å². The smallest absolute Gasteiger partial charge is 0.204 e. The molecule has 1 amide bonds. The van der Waals surface area contributed by atoms with E-state index in [-0.39, 0.29) is 11.9 Å². The molecular weight excluding hydrogens is 226 g/mol. The number of hydrogen-bond acceptors (Lipinski definition) is 3. The molecule has 2 heterocycles. The summed E-state index contributed by atoms with van der Waals surface area (Å²) in [7, 11) is 0. The summed E-state index contributed by atoms with van der Waals surface area (Å²) in [5.74, 6) is 0. The maximum atomic E-state index is 8.58. The van der Waals surface area contributed by atoms with Crippen LogP contribution in [0.3, 0.4) is 0 Å². The van der Waals surface area contributed by atoms with Crippen molar-refractivity contribution in [3.63, 3.8) is 0 Å². The highest BCUT2D eigenvalue weighted by molar-refractivity contribution is 5.42. The second-order valence-electron chi connectivity index (χ2n) is 5.48. The highest BCUT2D eigenvalue weighted by Gasteiger charge is 2.34. The predicted molar refractivity (Wildman–Crippen MR) is 74.7 cm³/mol. The quantitative estimate of drug-likeness (QED) is 0.751. The van der Waals surface area contributed by atoms with E-state index in [1.54, 1.807) is 0 Å². The number of amides is 1. The van der Waals surface area contributed by atoms with Gasteiger partial charge in [0.2, 0.25) is 6.41 Å². The molecule has 0 saturated carbocycles. The third-order valence-electron chi connectivity index (χ3n) is 3.69. The molecule has 0 fully saturated rings. The maximum Gasteiger partial charge on any atom is 0.204 e. The molecule has 1 atom stereocenters. The molecule has 2 aliphatic heterocycles. The Morgan fingerprint density at radius 1 is 1.50 bits per heavy atom. The number of rotatable bonds is 3. The van der Waals surface area contributed by atoms with Crippen LogP contribution in [0.25, 0.3) is 0 Å². The zero-order chi connectivity index (χ0) is 13.6. The van der Waals surface area contributed by atoms with Crippen LogP contribution in [0.2, 0.25) is 0 Å². The third-order valence-corrected chi connectivity index (χ3v) is 3.69. The van der Waals surface area contributed by atoms with Crippen LogP contribution in [-0.4, -0.2) is 28.9 Å². The van der Waals surface area contributed by atoms with Crippen LogP contribution in [-0.2, 0) is 4.79 Å². The van der Waals surface area contributed by atoms with Gasteiger partial charge in [-0.05, 0) is 51.2 Å². The van der Waals surface area contributed by atoms with E-state index in [2.05, 4.69) is 55.1 Å². The van der Waals surface area contributed by atoms with Crippen LogP contribution >= 0.6 is 0 Å². The minimum atomic E-state index is 0.193. The number of carbonyl (C=O) groups is 1. The van der Waals surface area contributed by atoms with E-state index in [4.69, 9.17) is 4.79 Å². The van der Waals surface area contributed by atoms with Gasteiger partial charge in [0.25, 0.3) is 0 Å². The number of nitrogens with zero attached hydrogens (tertiary/aromatic N) is 1. The van der Waals surface area contributed by atoms with Gasteiger partial charge in [0.1, 0.15) is 0 Å². The molecule has 0 aliphatic carbocycles. The summed E-state index contributed by atoms with van der Waals surface area (Å²) in [6.45, 7) is 8.08. The zero-order valence-electron chi connectivity index (χ0n) is 11.6. The van der Waals surface area contributed by atoms with Crippen LogP contribution in [0, 0.1) is 0 Å². The van der Waals surface area contributed by atoms with Crippen molar-refractivity contribution in [3.05, 3.63) is 24.6 Å². The first-order valence-electron chi connectivity index (χ1n) is 6.56.